The maximum Gasteiger partial charge on any atom is 0.115 e. The van der Waals surface area contributed by atoms with E-state index in [-0.39, 0.29) is 6.10 Å². The Morgan fingerprint density at radius 3 is 2.26 bits per heavy atom. The molecule has 0 N–H and O–H groups in total. The fourth-order valence-corrected chi connectivity index (χ4v) is 1.71. The van der Waals surface area contributed by atoms with Crippen LogP contribution in [0.2, 0.25) is 0 Å². The molecule has 0 saturated heterocycles. The molecule has 2 aromatic carbocycles. The standard InChI is InChI=1S/C17H18O2/c1-15(17-12-6-3-7-13-17)19-18-14-8-11-16-9-4-2-5-10-16/h2-13,15H,14H2,1H3. The fourth-order valence-electron chi connectivity index (χ4n) is 1.71. The van der Waals surface area contributed by atoms with E-state index in [1.54, 1.807) is 0 Å². The Morgan fingerprint density at radius 1 is 0.947 bits per heavy atom. The first-order valence-corrected chi connectivity index (χ1v) is 6.41. The molecule has 2 nitrogen and oxygen atoms in total. The number of rotatable bonds is 6. The molecule has 2 aromatic rings. The van der Waals surface area contributed by atoms with Crippen molar-refractivity contribution in [1.29, 1.82) is 0 Å². The van der Waals surface area contributed by atoms with Crippen molar-refractivity contribution in [3.05, 3.63) is 77.9 Å². The number of hydrogen-bond acceptors (Lipinski definition) is 2. The van der Waals surface area contributed by atoms with Crippen molar-refractivity contribution in [3.63, 3.8) is 0 Å². The Morgan fingerprint density at radius 2 is 1.58 bits per heavy atom. The summed E-state index contributed by atoms with van der Waals surface area (Å²) in [6.45, 7) is 2.41. The minimum Gasteiger partial charge on any atom is -0.232 e. The van der Waals surface area contributed by atoms with Crippen molar-refractivity contribution in [1.82, 2.24) is 0 Å². The van der Waals surface area contributed by atoms with Crippen molar-refractivity contribution < 1.29 is 9.78 Å². The van der Waals surface area contributed by atoms with Gasteiger partial charge in [-0.1, -0.05) is 72.8 Å². The molecule has 0 radical (unpaired) electrons. The lowest BCUT2D eigenvalue weighted by atomic mass is 10.1. The molecule has 0 heterocycles. The molecule has 0 saturated carbocycles. The average molecular weight is 254 g/mol. The Hall–Kier alpha value is -1.90. The van der Waals surface area contributed by atoms with Gasteiger partial charge in [-0.3, -0.25) is 0 Å². The molecule has 1 atom stereocenters. The summed E-state index contributed by atoms with van der Waals surface area (Å²) in [5.41, 5.74) is 2.26. The van der Waals surface area contributed by atoms with Gasteiger partial charge in [0.15, 0.2) is 0 Å². The van der Waals surface area contributed by atoms with Crippen molar-refractivity contribution in [2.45, 2.75) is 13.0 Å². The van der Waals surface area contributed by atoms with Gasteiger partial charge < -0.3 is 0 Å². The summed E-state index contributed by atoms with van der Waals surface area (Å²) in [7, 11) is 0. The van der Waals surface area contributed by atoms with E-state index in [4.69, 9.17) is 9.78 Å². The molecule has 2 rings (SSSR count). The second-order valence-corrected chi connectivity index (χ2v) is 4.25. The van der Waals surface area contributed by atoms with Crippen LogP contribution >= 0.6 is 0 Å². The molecular weight excluding hydrogens is 236 g/mol. The van der Waals surface area contributed by atoms with Gasteiger partial charge in [0, 0.05) is 0 Å². The lowest BCUT2D eigenvalue weighted by Crippen LogP contribution is -2.01. The lowest BCUT2D eigenvalue weighted by molar-refractivity contribution is -0.316. The molecule has 1 unspecified atom stereocenters. The molecule has 0 amide bonds. The first-order valence-electron chi connectivity index (χ1n) is 6.41. The van der Waals surface area contributed by atoms with Crippen molar-refractivity contribution in [2.24, 2.45) is 0 Å². The van der Waals surface area contributed by atoms with Crippen LogP contribution in [0.5, 0.6) is 0 Å². The van der Waals surface area contributed by atoms with Crippen LogP contribution in [-0.4, -0.2) is 6.61 Å². The van der Waals surface area contributed by atoms with E-state index in [0.717, 1.165) is 11.1 Å². The topological polar surface area (TPSA) is 18.5 Å². The Balaban J connectivity index is 1.71. The average Bonchev–Trinajstić information content (AvgIpc) is 2.49. The summed E-state index contributed by atoms with van der Waals surface area (Å²) in [4.78, 5) is 10.5. The molecule has 2 heteroatoms. The summed E-state index contributed by atoms with van der Waals surface area (Å²) in [5, 5.41) is 0. The molecule has 0 bridgehead atoms. The highest BCUT2D eigenvalue weighted by atomic mass is 17.2. The third kappa shape index (κ3) is 4.70. The largest absolute Gasteiger partial charge is 0.232 e. The maximum absolute atomic E-state index is 5.31. The Bertz CT molecular complexity index is 491. The highest BCUT2D eigenvalue weighted by Crippen LogP contribution is 2.15. The van der Waals surface area contributed by atoms with Crippen molar-refractivity contribution in [3.8, 4) is 0 Å². The van der Waals surface area contributed by atoms with Gasteiger partial charge in [0.1, 0.15) is 12.7 Å². The van der Waals surface area contributed by atoms with E-state index in [2.05, 4.69) is 0 Å². The van der Waals surface area contributed by atoms with Gasteiger partial charge in [-0.05, 0) is 18.1 Å². The normalized spacial score (nSPS) is 12.7. The smallest absolute Gasteiger partial charge is 0.115 e. The van der Waals surface area contributed by atoms with Gasteiger partial charge in [-0.15, -0.1) is 0 Å². The summed E-state index contributed by atoms with van der Waals surface area (Å²) >= 11 is 0. The molecule has 19 heavy (non-hydrogen) atoms. The van der Waals surface area contributed by atoms with Gasteiger partial charge in [0.2, 0.25) is 0 Å². The zero-order valence-electron chi connectivity index (χ0n) is 11.0. The predicted octanol–water partition coefficient (Wildman–Crippen LogP) is 4.41. The van der Waals surface area contributed by atoms with Gasteiger partial charge in [-0.2, -0.15) is 0 Å². The van der Waals surface area contributed by atoms with Crippen LogP contribution in [0, 0.1) is 0 Å². The first-order chi connectivity index (χ1) is 9.36. The summed E-state index contributed by atoms with van der Waals surface area (Å²) in [6, 6.07) is 20.1. The summed E-state index contributed by atoms with van der Waals surface area (Å²) in [5.74, 6) is 0. The van der Waals surface area contributed by atoms with Crippen LogP contribution in [0.3, 0.4) is 0 Å². The zero-order valence-corrected chi connectivity index (χ0v) is 11.0. The number of hydrogen-bond donors (Lipinski definition) is 0. The van der Waals surface area contributed by atoms with Gasteiger partial charge in [0.25, 0.3) is 0 Å². The summed E-state index contributed by atoms with van der Waals surface area (Å²) < 4.78 is 0. The quantitative estimate of drug-likeness (QED) is 0.432. The van der Waals surface area contributed by atoms with Gasteiger partial charge >= 0.3 is 0 Å². The van der Waals surface area contributed by atoms with Gasteiger partial charge in [0.05, 0.1) is 0 Å². The number of benzene rings is 2. The zero-order chi connectivity index (χ0) is 13.3. The van der Waals surface area contributed by atoms with E-state index >= 15 is 0 Å². The highest BCUT2D eigenvalue weighted by Gasteiger charge is 2.04. The Kier molecular flexibility index (Phi) is 5.35. The van der Waals surface area contributed by atoms with Crippen LogP contribution < -0.4 is 0 Å². The van der Waals surface area contributed by atoms with E-state index in [0.29, 0.717) is 6.61 Å². The van der Waals surface area contributed by atoms with E-state index < -0.39 is 0 Å². The van der Waals surface area contributed by atoms with E-state index in [9.17, 15) is 0 Å². The molecule has 0 spiro atoms. The third-order valence-corrected chi connectivity index (χ3v) is 2.76. The highest BCUT2D eigenvalue weighted by molar-refractivity contribution is 5.48. The van der Waals surface area contributed by atoms with Crippen LogP contribution in [0.15, 0.2) is 66.7 Å². The van der Waals surface area contributed by atoms with Crippen LogP contribution in [-0.2, 0) is 9.78 Å². The monoisotopic (exact) mass is 254 g/mol. The first kappa shape index (κ1) is 13.5. The van der Waals surface area contributed by atoms with E-state index in [1.807, 2.05) is 79.7 Å². The fraction of sp³-hybridized carbons (Fsp3) is 0.176. The van der Waals surface area contributed by atoms with Crippen molar-refractivity contribution in [2.75, 3.05) is 6.61 Å². The Labute approximate surface area is 114 Å². The molecule has 0 aliphatic heterocycles. The second kappa shape index (κ2) is 7.52. The second-order valence-electron chi connectivity index (χ2n) is 4.25. The molecule has 0 aliphatic rings. The van der Waals surface area contributed by atoms with Crippen molar-refractivity contribution >= 4 is 6.08 Å². The van der Waals surface area contributed by atoms with Crippen LogP contribution in [0.4, 0.5) is 0 Å². The van der Waals surface area contributed by atoms with Crippen LogP contribution in [0.25, 0.3) is 6.08 Å². The predicted molar refractivity (Wildman–Crippen MR) is 77.4 cm³/mol. The van der Waals surface area contributed by atoms with E-state index in [1.165, 1.54) is 0 Å². The maximum atomic E-state index is 5.31. The van der Waals surface area contributed by atoms with Crippen LogP contribution in [0.1, 0.15) is 24.2 Å². The molecule has 98 valence electrons. The lowest BCUT2D eigenvalue weighted by Gasteiger charge is -2.10. The minimum atomic E-state index is -0.0636. The van der Waals surface area contributed by atoms with Gasteiger partial charge in [-0.25, -0.2) is 9.78 Å². The molecule has 0 fully saturated rings. The molecule has 0 aliphatic carbocycles. The minimum absolute atomic E-state index is 0.0636. The SMILES string of the molecule is CC(OOCC=Cc1ccccc1)c1ccccc1. The molecular formula is C17H18O2. The molecule has 0 aromatic heterocycles. The summed E-state index contributed by atoms with van der Waals surface area (Å²) in [6.07, 6.45) is 3.88. The third-order valence-electron chi connectivity index (χ3n) is 2.76.